The van der Waals surface area contributed by atoms with Crippen LogP contribution in [-0.4, -0.2) is 58.5 Å². The molecule has 11 nitrogen and oxygen atoms in total. The standard InChI is InChI=1S/C28H26ClF3N6O5/c1-33-26(40)20-6-5-17(12-34-20)36-25(39)19(11-16-8-9-38(2)37-16)24-23(22(42-3)13-35-27(24)41)18-10-15(29)4-7-21(18)43-14-28(30,31)32/h4-10,12-13,19H,11,14H2,1-3H3,(H,33,40)(H,35,41)(H,36,39). The molecule has 0 saturated carbocycles. The Labute approximate surface area is 248 Å². The summed E-state index contributed by atoms with van der Waals surface area (Å²) in [5.41, 5.74) is -0.0343. The second kappa shape index (κ2) is 13.0. The number of benzene rings is 1. The third-order valence-corrected chi connectivity index (χ3v) is 6.49. The van der Waals surface area contributed by atoms with Crippen LogP contribution in [0.2, 0.25) is 5.02 Å². The van der Waals surface area contributed by atoms with E-state index in [4.69, 9.17) is 21.1 Å². The number of H-pyrrole nitrogens is 1. The van der Waals surface area contributed by atoms with Crippen molar-refractivity contribution in [2.24, 2.45) is 7.05 Å². The predicted octanol–water partition coefficient (Wildman–Crippen LogP) is 4.10. The summed E-state index contributed by atoms with van der Waals surface area (Å²) in [4.78, 5) is 45.9. The first kappa shape index (κ1) is 31.1. The van der Waals surface area contributed by atoms with E-state index < -0.39 is 36.1 Å². The lowest BCUT2D eigenvalue weighted by atomic mass is 9.87. The Balaban J connectivity index is 1.87. The van der Waals surface area contributed by atoms with E-state index in [2.05, 4.69) is 25.7 Å². The number of pyridine rings is 2. The van der Waals surface area contributed by atoms with E-state index in [1.165, 1.54) is 61.6 Å². The Morgan fingerprint density at radius 1 is 1.16 bits per heavy atom. The van der Waals surface area contributed by atoms with Crippen molar-refractivity contribution in [2.45, 2.75) is 18.5 Å². The molecule has 0 aliphatic carbocycles. The van der Waals surface area contributed by atoms with Gasteiger partial charge in [0.05, 0.1) is 30.6 Å². The van der Waals surface area contributed by atoms with Gasteiger partial charge < -0.3 is 25.1 Å². The molecule has 3 N–H and O–H groups in total. The number of ether oxygens (including phenoxy) is 2. The summed E-state index contributed by atoms with van der Waals surface area (Å²) >= 11 is 6.24. The maximum atomic E-state index is 13.9. The van der Waals surface area contributed by atoms with Gasteiger partial charge in [0, 0.05) is 54.6 Å². The average Bonchev–Trinajstić information content (AvgIpc) is 3.39. The minimum atomic E-state index is -4.65. The summed E-state index contributed by atoms with van der Waals surface area (Å²) in [7, 11) is 4.43. The van der Waals surface area contributed by atoms with Crippen LogP contribution in [-0.2, 0) is 18.3 Å². The highest BCUT2D eigenvalue weighted by molar-refractivity contribution is 6.31. The van der Waals surface area contributed by atoms with Gasteiger partial charge in [-0.25, -0.2) is 4.98 Å². The molecule has 0 saturated heterocycles. The van der Waals surface area contributed by atoms with Gasteiger partial charge >= 0.3 is 6.18 Å². The van der Waals surface area contributed by atoms with Crippen molar-refractivity contribution < 1.29 is 32.2 Å². The number of carbonyl (C=O) groups excluding carboxylic acids is 2. The highest BCUT2D eigenvalue weighted by Gasteiger charge is 2.33. The molecule has 0 fully saturated rings. The van der Waals surface area contributed by atoms with Crippen molar-refractivity contribution >= 4 is 29.1 Å². The van der Waals surface area contributed by atoms with Crippen molar-refractivity contribution in [3.05, 3.63) is 87.3 Å². The molecule has 226 valence electrons. The molecule has 4 rings (SSSR count). The van der Waals surface area contributed by atoms with Crippen LogP contribution in [0.5, 0.6) is 11.5 Å². The molecule has 0 spiro atoms. The Morgan fingerprint density at radius 2 is 1.93 bits per heavy atom. The molecule has 15 heteroatoms. The van der Waals surface area contributed by atoms with Crippen LogP contribution < -0.4 is 25.7 Å². The average molecular weight is 619 g/mol. The van der Waals surface area contributed by atoms with Crippen LogP contribution in [0.1, 0.15) is 27.7 Å². The van der Waals surface area contributed by atoms with Crippen LogP contribution in [0.3, 0.4) is 0 Å². The third-order valence-electron chi connectivity index (χ3n) is 6.25. The molecule has 2 amide bonds. The van der Waals surface area contributed by atoms with Crippen molar-refractivity contribution in [1.82, 2.24) is 25.1 Å². The molecule has 4 aromatic rings. The first-order chi connectivity index (χ1) is 20.4. The molecule has 1 unspecified atom stereocenters. The molecule has 3 aromatic heterocycles. The second-order valence-corrected chi connectivity index (χ2v) is 9.69. The lowest BCUT2D eigenvalue weighted by Gasteiger charge is -2.22. The fourth-order valence-corrected chi connectivity index (χ4v) is 4.52. The number of hydrogen-bond donors (Lipinski definition) is 3. The van der Waals surface area contributed by atoms with Gasteiger partial charge in [-0.3, -0.25) is 19.1 Å². The molecular formula is C28H26ClF3N6O5. The van der Waals surface area contributed by atoms with Gasteiger partial charge in [0.15, 0.2) is 6.61 Å². The number of nitrogens with one attached hydrogen (secondary N) is 3. The van der Waals surface area contributed by atoms with E-state index >= 15 is 0 Å². The molecule has 3 heterocycles. The van der Waals surface area contributed by atoms with Crippen LogP contribution in [0.4, 0.5) is 18.9 Å². The number of nitrogens with zero attached hydrogens (tertiary/aromatic N) is 3. The molecule has 0 radical (unpaired) electrons. The summed E-state index contributed by atoms with van der Waals surface area (Å²) < 4.78 is 51.4. The highest BCUT2D eigenvalue weighted by Crippen LogP contribution is 2.42. The minimum Gasteiger partial charge on any atom is -0.495 e. The maximum Gasteiger partial charge on any atom is 0.422 e. The molecule has 0 aliphatic heterocycles. The zero-order valence-corrected chi connectivity index (χ0v) is 23.8. The van der Waals surface area contributed by atoms with Gasteiger partial charge in [0.1, 0.15) is 17.2 Å². The Hall–Kier alpha value is -4.85. The molecule has 0 aliphatic rings. The number of rotatable bonds is 10. The van der Waals surface area contributed by atoms with E-state index in [1.807, 2.05) is 0 Å². The second-order valence-electron chi connectivity index (χ2n) is 9.26. The molecule has 1 atom stereocenters. The zero-order chi connectivity index (χ0) is 31.3. The van der Waals surface area contributed by atoms with E-state index in [0.717, 1.165) is 0 Å². The van der Waals surface area contributed by atoms with Crippen LogP contribution in [0.25, 0.3) is 11.1 Å². The number of alkyl halides is 3. The fourth-order valence-electron chi connectivity index (χ4n) is 4.35. The van der Waals surface area contributed by atoms with Crippen molar-refractivity contribution in [1.29, 1.82) is 0 Å². The molecular weight excluding hydrogens is 593 g/mol. The number of hydrogen-bond acceptors (Lipinski definition) is 7. The summed E-state index contributed by atoms with van der Waals surface area (Å²) in [5, 5.41) is 9.61. The fraction of sp³-hybridized carbons (Fsp3) is 0.250. The van der Waals surface area contributed by atoms with Crippen LogP contribution >= 0.6 is 11.6 Å². The monoisotopic (exact) mass is 618 g/mol. The molecule has 1 aromatic carbocycles. The van der Waals surface area contributed by atoms with Gasteiger partial charge in [-0.05, 0) is 36.4 Å². The largest absolute Gasteiger partial charge is 0.495 e. The van der Waals surface area contributed by atoms with Gasteiger partial charge in [-0.1, -0.05) is 11.6 Å². The molecule has 0 bridgehead atoms. The van der Waals surface area contributed by atoms with Crippen LogP contribution in [0.15, 0.2) is 59.8 Å². The van der Waals surface area contributed by atoms with Crippen molar-refractivity contribution in [2.75, 3.05) is 26.1 Å². The molecule has 43 heavy (non-hydrogen) atoms. The number of aromatic nitrogens is 4. The van der Waals surface area contributed by atoms with Crippen molar-refractivity contribution in [3.8, 4) is 22.6 Å². The highest BCUT2D eigenvalue weighted by atomic mass is 35.5. The zero-order valence-electron chi connectivity index (χ0n) is 23.1. The summed E-state index contributed by atoms with van der Waals surface area (Å²) in [6, 6.07) is 8.42. The number of amides is 2. The van der Waals surface area contributed by atoms with E-state index in [9.17, 15) is 27.6 Å². The van der Waals surface area contributed by atoms with Gasteiger partial charge in [-0.15, -0.1) is 0 Å². The first-order valence-electron chi connectivity index (χ1n) is 12.7. The summed E-state index contributed by atoms with van der Waals surface area (Å²) in [6.45, 7) is -1.61. The van der Waals surface area contributed by atoms with Crippen LogP contribution in [0, 0.1) is 0 Å². The normalized spacial score (nSPS) is 12.0. The number of anilines is 1. The lowest BCUT2D eigenvalue weighted by Crippen LogP contribution is -2.30. The number of halogens is 4. The minimum absolute atomic E-state index is 0.00474. The van der Waals surface area contributed by atoms with E-state index in [0.29, 0.717) is 5.69 Å². The van der Waals surface area contributed by atoms with Gasteiger partial charge in [-0.2, -0.15) is 18.3 Å². The first-order valence-corrected chi connectivity index (χ1v) is 13.0. The number of aromatic amines is 1. The Morgan fingerprint density at radius 3 is 2.53 bits per heavy atom. The summed E-state index contributed by atoms with van der Waals surface area (Å²) in [6.07, 6.45) is -0.577. The number of aryl methyl sites for hydroxylation is 1. The Kier molecular flexibility index (Phi) is 9.39. The topological polar surface area (TPSA) is 140 Å². The number of carbonyl (C=O) groups is 2. The predicted molar refractivity (Wildman–Crippen MR) is 152 cm³/mol. The smallest absolute Gasteiger partial charge is 0.422 e. The quantitative estimate of drug-likeness (QED) is 0.243. The lowest BCUT2D eigenvalue weighted by molar-refractivity contribution is -0.153. The van der Waals surface area contributed by atoms with E-state index in [1.54, 1.807) is 19.3 Å². The summed E-state index contributed by atoms with van der Waals surface area (Å²) in [5.74, 6) is -2.54. The van der Waals surface area contributed by atoms with Gasteiger partial charge in [0.2, 0.25) is 5.91 Å². The SMILES string of the molecule is CNC(=O)c1ccc(NC(=O)C(Cc2ccn(C)n2)c2c(-c3cc(Cl)ccc3OCC(F)(F)F)c(OC)c[nH]c2=O)cn1. The van der Waals surface area contributed by atoms with E-state index in [-0.39, 0.29) is 51.0 Å². The van der Waals surface area contributed by atoms with Gasteiger partial charge in [0.25, 0.3) is 11.5 Å². The Bertz CT molecular complexity index is 1690. The maximum absolute atomic E-state index is 13.9. The third kappa shape index (κ3) is 7.52. The number of methoxy groups -OCH3 is 1. The van der Waals surface area contributed by atoms with Crippen molar-refractivity contribution in [3.63, 3.8) is 0 Å².